The summed E-state index contributed by atoms with van der Waals surface area (Å²) >= 11 is 0. The third-order valence-corrected chi connectivity index (χ3v) is 7.97. The molecule has 1 aromatic carbocycles. The van der Waals surface area contributed by atoms with Crippen LogP contribution in [0.2, 0.25) is 0 Å². The van der Waals surface area contributed by atoms with Crippen molar-refractivity contribution < 1.29 is 13.2 Å². The zero-order chi connectivity index (χ0) is 24.3. The molecule has 0 bridgehead atoms. The predicted molar refractivity (Wildman–Crippen MR) is 127 cm³/mol. The number of hydrogen-bond donors (Lipinski definition) is 1. The number of hydrogen-bond acceptors (Lipinski definition) is 6. The van der Waals surface area contributed by atoms with Crippen LogP contribution in [0.1, 0.15) is 43.6 Å². The molecule has 0 spiro atoms. The number of sulfonamides is 1. The van der Waals surface area contributed by atoms with Gasteiger partial charge in [-0.2, -0.15) is 14.7 Å². The number of amides is 1. The fourth-order valence-electron chi connectivity index (χ4n) is 4.27. The van der Waals surface area contributed by atoms with Gasteiger partial charge in [-0.3, -0.25) is 4.79 Å². The maximum atomic E-state index is 13.0. The van der Waals surface area contributed by atoms with Crippen molar-refractivity contribution in [3.05, 3.63) is 35.8 Å². The number of carbonyl (C=O) groups excluding carboxylic acids is 1. The van der Waals surface area contributed by atoms with Crippen molar-refractivity contribution >= 4 is 32.8 Å². The van der Waals surface area contributed by atoms with E-state index in [-0.39, 0.29) is 17.2 Å². The molecule has 10 nitrogen and oxygen atoms in total. The maximum absolute atomic E-state index is 13.0. The monoisotopic (exact) mass is 483 g/mol. The largest absolute Gasteiger partial charge is 0.331 e. The molecule has 1 saturated heterocycles. The van der Waals surface area contributed by atoms with Crippen molar-refractivity contribution in [3.63, 3.8) is 0 Å². The van der Waals surface area contributed by atoms with Gasteiger partial charge in [0, 0.05) is 39.0 Å². The summed E-state index contributed by atoms with van der Waals surface area (Å²) in [6, 6.07) is 8.89. The van der Waals surface area contributed by atoms with E-state index in [9.17, 15) is 13.2 Å². The number of fused-ring (bicyclic) bond motifs is 1. The Hall–Kier alpha value is -3.23. The number of piperidine rings is 1. The second-order valence-electron chi connectivity index (χ2n) is 8.55. The van der Waals surface area contributed by atoms with E-state index < -0.39 is 10.0 Å². The number of imidazole rings is 1. The lowest BCUT2D eigenvalue weighted by molar-refractivity contribution is -0.116. The number of carbonyl (C=O) groups is 1. The number of nitriles is 1. The maximum Gasteiger partial charge on any atom is 0.243 e. The van der Waals surface area contributed by atoms with E-state index in [1.807, 2.05) is 18.5 Å². The smallest absolute Gasteiger partial charge is 0.243 e. The van der Waals surface area contributed by atoms with E-state index >= 15 is 0 Å². The Morgan fingerprint density at radius 2 is 1.97 bits per heavy atom. The first kappa shape index (κ1) is 23.9. The van der Waals surface area contributed by atoms with Crippen LogP contribution < -0.4 is 5.32 Å². The molecule has 3 aromatic rings. The first-order chi connectivity index (χ1) is 16.3. The quantitative estimate of drug-likeness (QED) is 0.525. The van der Waals surface area contributed by atoms with Crippen LogP contribution in [0.15, 0.2) is 29.2 Å². The van der Waals surface area contributed by atoms with Gasteiger partial charge in [-0.15, -0.1) is 0 Å². The van der Waals surface area contributed by atoms with Gasteiger partial charge in [0.05, 0.1) is 40.7 Å². The summed E-state index contributed by atoms with van der Waals surface area (Å²) in [5.41, 5.74) is 2.18. The van der Waals surface area contributed by atoms with Gasteiger partial charge in [0.25, 0.3) is 0 Å². The Kier molecular flexibility index (Phi) is 7.00. The van der Waals surface area contributed by atoms with Crippen molar-refractivity contribution in [3.8, 4) is 6.07 Å². The van der Waals surface area contributed by atoms with Gasteiger partial charge in [-0.25, -0.2) is 18.1 Å². The molecule has 0 saturated carbocycles. The average Bonchev–Trinajstić information content (AvgIpc) is 3.34. The van der Waals surface area contributed by atoms with E-state index in [0.29, 0.717) is 49.6 Å². The molecule has 34 heavy (non-hydrogen) atoms. The molecule has 1 aliphatic heterocycles. The molecule has 1 N–H and O–H groups in total. The molecule has 0 radical (unpaired) electrons. The molecule has 1 aliphatic rings. The fraction of sp³-hybridized carbons (Fsp3) is 0.478. The molecule has 1 fully saturated rings. The summed E-state index contributed by atoms with van der Waals surface area (Å²) in [7, 11) is -1.67. The predicted octanol–water partition coefficient (Wildman–Crippen LogP) is 2.74. The van der Waals surface area contributed by atoms with Crippen LogP contribution in [0.25, 0.3) is 11.0 Å². The van der Waals surface area contributed by atoms with E-state index in [4.69, 9.17) is 5.26 Å². The van der Waals surface area contributed by atoms with Crippen molar-refractivity contribution in [1.29, 1.82) is 5.26 Å². The van der Waals surface area contributed by atoms with Gasteiger partial charge < -0.3 is 9.88 Å². The topological polar surface area (TPSA) is 126 Å². The summed E-state index contributed by atoms with van der Waals surface area (Å²) in [6.45, 7) is 3.35. The number of aromatic nitrogens is 4. The number of anilines is 1. The highest BCUT2D eigenvalue weighted by Gasteiger charge is 2.26. The van der Waals surface area contributed by atoms with E-state index in [2.05, 4.69) is 21.5 Å². The Balaban J connectivity index is 1.46. The molecular weight excluding hydrogens is 454 g/mol. The minimum atomic E-state index is -3.53. The second-order valence-corrected chi connectivity index (χ2v) is 10.5. The van der Waals surface area contributed by atoms with Crippen LogP contribution in [0.4, 0.5) is 5.82 Å². The minimum absolute atomic E-state index is 0.182. The number of aryl methyl sites for hydroxylation is 4. The summed E-state index contributed by atoms with van der Waals surface area (Å²) in [6.07, 6.45) is 3.74. The second kappa shape index (κ2) is 9.95. The Morgan fingerprint density at radius 3 is 2.71 bits per heavy atom. The number of nitrogens with zero attached hydrogens (tertiary/aromatic N) is 6. The highest BCUT2D eigenvalue weighted by atomic mass is 32.2. The van der Waals surface area contributed by atoms with Crippen molar-refractivity contribution in [2.75, 3.05) is 18.4 Å². The zero-order valence-corrected chi connectivity index (χ0v) is 20.3. The Bertz CT molecular complexity index is 1340. The van der Waals surface area contributed by atoms with Gasteiger partial charge in [0.15, 0.2) is 0 Å². The normalized spacial score (nSPS) is 14.9. The molecular formula is C23H29N7O3S. The number of nitrogens with one attached hydrogen (secondary N) is 1. The molecule has 0 aliphatic carbocycles. The lowest BCUT2D eigenvalue weighted by Crippen LogP contribution is -2.35. The summed E-state index contributed by atoms with van der Waals surface area (Å²) in [4.78, 5) is 17.4. The van der Waals surface area contributed by atoms with Crippen LogP contribution in [0.5, 0.6) is 0 Å². The fourth-order valence-corrected chi connectivity index (χ4v) is 5.81. The van der Waals surface area contributed by atoms with Gasteiger partial charge in [-0.1, -0.05) is 6.42 Å². The SMILES string of the molecule is Cc1cc(NC(=O)CCc2nc3cc(S(=O)(=O)N4CCCCC4)ccc3n2C)n(CCC#N)n1. The highest BCUT2D eigenvalue weighted by Crippen LogP contribution is 2.25. The van der Waals surface area contributed by atoms with E-state index in [0.717, 1.165) is 30.5 Å². The lowest BCUT2D eigenvalue weighted by atomic mass is 10.2. The zero-order valence-electron chi connectivity index (χ0n) is 19.5. The first-order valence-corrected chi connectivity index (χ1v) is 12.9. The Labute approximate surface area is 199 Å². The highest BCUT2D eigenvalue weighted by molar-refractivity contribution is 7.89. The van der Waals surface area contributed by atoms with Crippen LogP contribution >= 0.6 is 0 Å². The summed E-state index contributed by atoms with van der Waals surface area (Å²) < 4.78 is 31.1. The number of rotatable bonds is 8. The molecule has 1 amide bonds. The molecule has 4 rings (SSSR count). The van der Waals surface area contributed by atoms with Gasteiger partial charge in [0.2, 0.25) is 15.9 Å². The van der Waals surface area contributed by atoms with Crippen LogP contribution in [0.3, 0.4) is 0 Å². The van der Waals surface area contributed by atoms with Crippen LogP contribution in [-0.4, -0.2) is 51.1 Å². The van der Waals surface area contributed by atoms with Gasteiger partial charge >= 0.3 is 0 Å². The number of benzene rings is 1. The Morgan fingerprint density at radius 1 is 1.21 bits per heavy atom. The molecule has 2 aromatic heterocycles. The first-order valence-electron chi connectivity index (χ1n) is 11.5. The third kappa shape index (κ3) is 4.98. The minimum Gasteiger partial charge on any atom is -0.331 e. The van der Waals surface area contributed by atoms with Gasteiger partial charge in [0.1, 0.15) is 11.6 Å². The molecule has 3 heterocycles. The summed E-state index contributed by atoms with van der Waals surface area (Å²) in [5, 5.41) is 16.0. The van der Waals surface area contributed by atoms with Crippen LogP contribution in [0, 0.1) is 18.3 Å². The van der Waals surface area contributed by atoms with Crippen molar-refractivity contribution in [1.82, 2.24) is 23.6 Å². The standard InChI is InChI=1S/C23H29N7O3S/c1-17-15-22(30(27-17)14-6-11-24)26-23(31)10-9-21-25-19-16-18(7-8-20(19)28(21)2)34(32,33)29-12-4-3-5-13-29/h7-8,15-16H,3-6,9-10,12-14H2,1-2H3,(H,26,31). The molecule has 11 heteroatoms. The van der Waals surface area contributed by atoms with Gasteiger partial charge in [-0.05, 0) is 38.0 Å². The molecule has 0 unspecified atom stereocenters. The van der Waals surface area contributed by atoms with Crippen molar-refractivity contribution in [2.45, 2.75) is 56.9 Å². The van der Waals surface area contributed by atoms with Crippen LogP contribution in [-0.2, 0) is 34.8 Å². The third-order valence-electron chi connectivity index (χ3n) is 6.08. The molecule has 0 atom stereocenters. The van der Waals surface area contributed by atoms with Crippen molar-refractivity contribution in [2.24, 2.45) is 7.05 Å². The molecule has 180 valence electrons. The van der Waals surface area contributed by atoms with E-state index in [1.165, 1.54) is 0 Å². The van der Waals surface area contributed by atoms with E-state index in [1.54, 1.807) is 33.3 Å². The lowest BCUT2D eigenvalue weighted by Gasteiger charge is -2.25. The average molecular weight is 484 g/mol. The summed E-state index contributed by atoms with van der Waals surface area (Å²) in [5.74, 6) is 1.08.